The van der Waals surface area contributed by atoms with Gasteiger partial charge in [0.15, 0.2) is 9.84 Å². The van der Waals surface area contributed by atoms with Crippen LogP contribution in [-0.4, -0.2) is 32.4 Å². The number of nitrogens with one attached hydrogen (secondary N) is 1. The number of rotatable bonds is 9. The Morgan fingerprint density at radius 3 is 2.54 bits per heavy atom. The van der Waals surface area contributed by atoms with Crippen LogP contribution in [-0.2, 0) is 20.0 Å². The van der Waals surface area contributed by atoms with E-state index in [4.69, 9.17) is 0 Å². The average molecular weight is 380 g/mol. The van der Waals surface area contributed by atoms with E-state index in [0.717, 1.165) is 38.5 Å². The van der Waals surface area contributed by atoms with Crippen molar-refractivity contribution in [1.82, 2.24) is 5.32 Å². The van der Waals surface area contributed by atoms with Crippen LogP contribution >= 0.6 is 0 Å². The number of sulfone groups is 1. The first-order chi connectivity index (χ1) is 12.4. The summed E-state index contributed by atoms with van der Waals surface area (Å²) in [5, 5.41) is 2.94. The molecule has 2 rings (SSSR count). The van der Waals surface area contributed by atoms with Gasteiger partial charge in [0.05, 0.1) is 5.75 Å². The lowest BCUT2D eigenvalue weighted by atomic mass is 9.69. The van der Waals surface area contributed by atoms with Crippen LogP contribution in [0.1, 0.15) is 69.4 Å². The van der Waals surface area contributed by atoms with Crippen LogP contribution in [0.4, 0.5) is 0 Å². The van der Waals surface area contributed by atoms with E-state index in [0.29, 0.717) is 13.0 Å². The summed E-state index contributed by atoms with van der Waals surface area (Å²) >= 11 is 0. The first kappa shape index (κ1) is 20.9. The van der Waals surface area contributed by atoms with E-state index in [1.165, 1.54) is 17.5 Å². The third-order valence-corrected chi connectivity index (χ3v) is 7.09. The van der Waals surface area contributed by atoms with E-state index in [9.17, 15) is 13.2 Å². The predicted octanol–water partition coefficient (Wildman–Crippen LogP) is 3.92. The van der Waals surface area contributed by atoms with Crippen LogP contribution in [0, 0.1) is 6.92 Å². The Balaban J connectivity index is 2.00. The molecule has 0 spiro atoms. The molecule has 1 aliphatic rings. The summed E-state index contributed by atoms with van der Waals surface area (Å²) in [6.45, 7) is 4.65. The van der Waals surface area contributed by atoms with Gasteiger partial charge < -0.3 is 5.32 Å². The van der Waals surface area contributed by atoms with Gasteiger partial charge in [-0.1, -0.05) is 68.9 Å². The molecule has 0 radical (unpaired) electrons. The summed E-state index contributed by atoms with van der Waals surface area (Å²) in [5.41, 5.74) is 2.42. The maximum Gasteiger partial charge on any atom is 0.235 e. The molecule has 146 valence electrons. The minimum absolute atomic E-state index is 0.0636. The number of amides is 1. The lowest BCUT2D eigenvalue weighted by molar-refractivity contribution is -0.119. The Labute approximate surface area is 158 Å². The van der Waals surface area contributed by atoms with Crippen LogP contribution < -0.4 is 5.32 Å². The molecule has 0 heterocycles. The molecule has 1 aromatic rings. The van der Waals surface area contributed by atoms with E-state index < -0.39 is 9.84 Å². The molecule has 1 amide bonds. The lowest BCUT2D eigenvalue weighted by Gasteiger charge is -2.38. The molecule has 1 N–H and O–H groups in total. The number of carbonyl (C=O) groups is 1. The standard InChI is InChI=1S/C21H33NO3S/c1-3-4-8-14-26(24,25)16-20(23)22-17-21(12-6-5-7-13-21)19-11-9-10-18(2)15-19/h9-11,15H,3-8,12-14,16-17H2,1-2H3,(H,22,23). The summed E-state index contributed by atoms with van der Waals surface area (Å²) in [4.78, 5) is 12.3. The SMILES string of the molecule is CCCCCS(=O)(=O)CC(=O)NCC1(c2cccc(C)c2)CCCCC1. The minimum atomic E-state index is -3.31. The second kappa shape index (κ2) is 9.54. The summed E-state index contributed by atoms with van der Waals surface area (Å²) in [6.07, 6.45) is 8.11. The summed E-state index contributed by atoms with van der Waals surface area (Å²) in [7, 11) is -3.31. The molecule has 1 aromatic carbocycles. The van der Waals surface area contributed by atoms with E-state index in [2.05, 4.69) is 36.5 Å². The highest BCUT2D eigenvalue weighted by molar-refractivity contribution is 7.92. The minimum Gasteiger partial charge on any atom is -0.354 e. The Morgan fingerprint density at radius 1 is 1.15 bits per heavy atom. The van der Waals surface area contributed by atoms with Crippen LogP contribution in [0.3, 0.4) is 0 Å². The van der Waals surface area contributed by atoms with Gasteiger partial charge in [-0.25, -0.2) is 8.42 Å². The molecule has 0 atom stereocenters. The molecule has 4 nitrogen and oxygen atoms in total. The Bertz CT molecular complexity index is 691. The fourth-order valence-electron chi connectivity index (χ4n) is 3.93. The van der Waals surface area contributed by atoms with Crippen molar-refractivity contribution in [2.45, 2.75) is 70.6 Å². The predicted molar refractivity (Wildman–Crippen MR) is 107 cm³/mol. The van der Waals surface area contributed by atoms with Gasteiger partial charge in [-0.15, -0.1) is 0 Å². The lowest BCUT2D eigenvalue weighted by Crippen LogP contribution is -2.44. The highest BCUT2D eigenvalue weighted by atomic mass is 32.2. The number of benzene rings is 1. The molecule has 0 unspecified atom stereocenters. The van der Waals surface area contributed by atoms with Crippen LogP contribution in [0.15, 0.2) is 24.3 Å². The van der Waals surface area contributed by atoms with Crippen molar-refractivity contribution in [3.63, 3.8) is 0 Å². The van der Waals surface area contributed by atoms with Gasteiger partial charge in [-0.3, -0.25) is 4.79 Å². The van der Waals surface area contributed by atoms with Gasteiger partial charge >= 0.3 is 0 Å². The third kappa shape index (κ3) is 6.11. The molecular weight excluding hydrogens is 346 g/mol. The topological polar surface area (TPSA) is 63.2 Å². The Kier molecular flexibility index (Phi) is 7.69. The zero-order chi connectivity index (χ0) is 19.0. The van der Waals surface area contributed by atoms with E-state index in [1.54, 1.807) is 0 Å². The average Bonchev–Trinajstić information content (AvgIpc) is 2.60. The monoisotopic (exact) mass is 379 g/mol. The summed E-state index contributed by atoms with van der Waals surface area (Å²) < 4.78 is 24.2. The maximum atomic E-state index is 12.3. The summed E-state index contributed by atoms with van der Waals surface area (Å²) in [6, 6.07) is 8.51. The molecule has 1 saturated carbocycles. The fourth-order valence-corrected chi connectivity index (χ4v) is 5.22. The third-order valence-electron chi connectivity index (χ3n) is 5.47. The molecule has 0 saturated heterocycles. The van der Waals surface area contributed by atoms with Gasteiger partial charge in [0.1, 0.15) is 5.75 Å². The number of hydrogen-bond donors (Lipinski definition) is 1. The largest absolute Gasteiger partial charge is 0.354 e. The van der Waals surface area contributed by atoms with E-state index in [1.807, 2.05) is 6.92 Å². The van der Waals surface area contributed by atoms with Gasteiger partial charge in [-0.05, 0) is 31.7 Å². The molecular formula is C21H33NO3S. The van der Waals surface area contributed by atoms with Crippen molar-refractivity contribution in [2.24, 2.45) is 0 Å². The number of hydrogen-bond acceptors (Lipinski definition) is 3. The Hall–Kier alpha value is -1.36. The summed E-state index contributed by atoms with van der Waals surface area (Å²) in [5.74, 6) is -0.642. The molecule has 0 bridgehead atoms. The number of carbonyl (C=O) groups excluding carboxylic acids is 1. The van der Waals surface area contributed by atoms with Crippen molar-refractivity contribution < 1.29 is 13.2 Å². The number of unbranched alkanes of at least 4 members (excludes halogenated alkanes) is 2. The number of aryl methyl sites for hydroxylation is 1. The Morgan fingerprint density at radius 2 is 1.88 bits per heavy atom. The van der Waals surface area contributed by atoms with Gasteiger partial charge in [0, 0.05) is 12.0 Å². The zero-order valence-electron chi connectivity index (χ0n) is 16.2. The van der Waals surface area contributed by atoms with Crippen molar-refractivity contribution in [3.05, 3.63) is 35.4 Å². The van der Waals surface area contributed by atoms with Crippen LogP contribution in [0.25, 0.3) is 0 Å². The van der Waals surface area contributed by atoms with Crippen molar-refractivity contribution in [2.75, 3.05) is 18.1 Å². The molecule has 0 aliphatic heterocycles. The van der Waals surface area contributed by atoms with Crippen molar-refractivity contribution in [3.8, 4) is 0 Å². The normalized spacial score (nSPS) is 17.0. The maximum absolute atomic E-state index is 12.3. The van der Waals surface area contributed by atoms with Gasteiger partial charge in [0.25, 0.3) is 0 Å². The molecule has 5 heteroatoms. The van der Waals surface area contributed by atoms with Crippen molar-refractivity contribution >= 4 is 15.7 Å². The van der Waals surface area contributed by atoms with Gasteiger partial charge in [0.2, 0.25) is 5.91 Å². The molecule has 26 heavy (non-hydrogen) atoms. The van der Waals surface area contributed by atoms with Gasteiger partial charge in [-0.2, -0.15) is 0 Å². The van der Waals surface area contributed by atoms with Crippen molar-refractivity contribution in [1.29, 1.82) is 0 Å². The smallest absolute Gasteiger partial charge is 0.235 e. The van der Waals surface area contributed by atoms with Crippen LogP contribution in [0.5, 0.6) is 0 Å². The second-order valence-corrected chi connectivity index (χ2v) is 9.97. The quantitative estimate of drug-likeness (QED) is 0.662. The van der Waals surface area contributed by atoms with E-state index in [-0.39, 0.29) is 22.8 Å². The zero-order valence-corrected chi connectivity index (χ0v) is 17.0. The van der Waals surface area contributed by atoms with Crippen LogP contribution in [0.2, 0.25) is 0 Å². The first-order valence-electron chi connectivity index (χ1n) is 9.91. The highest BCUT2D eigenvalue weighted by Crippen LogP contribution is 2.39. The van der Waals surface area contributed by atoms with E-state index >= 15 is 0 Å². The fraction of sp³-hybridized carbons (Fsp3) is 0.667. The molecule has 1 fully saturated rings. The highest BCUT2D eigenvalue weighted by Gasteiger charge is 2.34. The molecule has 1 aliphatic carbocycles. The first-order valence-corrected chi connectivity index (χ1v) is 11.7. The molecule has 0 aromatic heterocycles. The second-order valence-electron chi connectivity index (χ2n) is 7.79.